The molecule has 0 saturated carbocycles. The summed E-state index contributed by atoms with van der Waals surface area (Å²) >= 11 is 5.09. The van der Waals surface area contributed by atoms with Crippen LogP contribution >= 0.6 is 24.6 Å². The number of carbonyl (C=O) groups excluding carboxylic acids is 1. The average Bonchev–Trinajstić information content (AvgIpc) is 2.48. The first-order valence-electron chi connectivity index (χ1n) is 4.11. The van der Waals surface area contributed by atoms with Crippen molar-refractivity contribution < 1.29 is 9.53 Å². The first-order chi connectivity index (χ1) is 6.56. The van der Waals surface area contributed by atoms with Crippen LogP contribution in [-0.4, -0.2) is 28.3 Å². The summed E-state index contributed by atoms with van der Waals surface area (Å²) in [6.07, 6.45) is 3.59. The topological polar surface area (TPSA) is 62.2 Å². The van der Waals surface area contributed by atoms with E-state index in [0.29, 0.717) is 11.3 Å². The van der Waals surface area contributed by atoms with E-state index in [2.05, 4.69) is 4.74 Å². The monoisotopic (exact) mass is 251 g/mol. The van der Waals surface area contributed by atoms with E-state index < -0.39 is 12.0 Å². The summed E-state index contributed by atoms with van der Waals surface area (Å²) in [5.74, 6) is -0.434. The van der Waals surface area contributed by atoms with E-state index in [0.717, 1.165) is 0 Å². The number of hydrogen-bond acceptors (Lipinski definition) is 4. The summed E-state index contributed by atoms with van der Waals surface area (Å²) in [5.41, 5.74) is 5.59. The quantitative estimate of drug-likeness (QED) is 0.627. The largest absolute Gasteiger partial charge is 0.468 e. The van der Waals surface area contributed by atoms with Crippen molar-refractivity contribution in [3.8, 4) is 0 Å². The van der Waals surface area contributed by atoms with E-state index >= 15 is 0 Å². The number of nitrogens with zero attached hydrogens (tertiary/aromatic N) is 2. The van der Waals surface area contributed by atoms with Crippen LogP contribution in [0.2, 0.25) is 0 Å². The van der Waals surface area contributed by atoms with Gasteiger partial charge in [-0.05, 0) is 12.2 Å². The van der Waals surface area contributed by atoms with E-state index in [-0.39, 0.29) is 12.4 Å². The highest BCUT2D eigenvalue weighted by Crippen LogP contribution is 1.97. The molecule has 0 aliphatic rings. The fraction of sp³-hybridized carbons (Fsp3) is 0.500. The molecular formula is C8H14ClN3O2S. The van der Waals surface area contributed by atoms with Gasteiger partial charge in [0.2, 0.25) is 0 Å². The smallest absolute Gasteiger partial charge is 0.324 e. The van der Waals surface area contributed by atoms with Gasteiger partial charge in [-0.15, -0.1) is 12.4 Å². The van der Waals surface area contributed by atoms with Gasteiger partial charge in [0.05, 0.1) is 13.7 Å². The molecule has 1 unspecified atom stereocenters. The summed E-state index contributed by atoms with van der Waals surface area (Å²) in [6, 6.07) is -0.672. The second-order valence-corrected chi connectivity index (χ2v) is 3.34. The molecule has 2 N–H and O–H groups in total. The number of ether oxygens (including phenoxy) is 1. The normalized spacial score (nSPS) is 11.7. The summed E-state index contributed by atoms with van der Waals surface area (Å²) in [6.45, 7) is 0.340. The number of esters is 1. The molecule has 0 radical (unpaired) electrons. The molecular weight excluding hydrogens is 238 g/mol. The molecule has 0 aliphatic carbocycles. The van der Waals surface area contributed by atoms with E-state index in [1.54, 1.807) is 15.3 Å². The van der Waals surface area contributed by atoms with Crippen molar-refractivity contribution in [1.82, 2.24) is 9.13 Å². The van der Waals surface area contributed by atoms with Gasteiger partial charge in [0.15, 0.2) is 4.77 Å². The standard InChI is InChI=1S/C8H13N3O2S.ClH/c1-10-3-4-11(8(10)14)5-6(9)7(12)13-2;/h3-4,6H,5,9H2,1-2H3;1H. The number of carbonyl (C=O) groups is 1. The Kier molecular flexibility index (Phi) is 5.56. The zero-order valence-electron chi connectivity index (χ0n) is 8.54. The predicted molar refractivity (Wildman–Crippen MR) is 61.5 cm³/mol. The number of aryl methyl sites for hydroxylation is 1. The van der Waals surface area contributed by atoms with Crippen LogP contribution in [0.3, 0.4) is 0 Å². The minimum absolute atomic E-state index is 0. The van der Waals surface area contributed by atoms with Gasteiger partial charge in [0, 0.05) is 19.4 Å². The Hall–Kier alpha value is -0.850. The molecule has 1 heterocycles. The second-order valence-electron chi connectivity index (χ2n) is 2.97. The molecule has 0 bridgehead atoms. The van der Waals surface area contributed by atoms with E-state index in [1.165, 1.54) is 7.11 Å². The molecule has 0 fully saturated rings. The SMILES string of the molecule is COC(=O)C(N)Cn1ccn(C)c1=S.Cl. The lowest BCUT2D eigenvalue weighted by molar-refractivity contribution is -0.142. The van der Waals surface area contributed by atoms with E-state index in [9.17, 15) is 4.79 Å². The van der Waals surface area contributed by atoms with Crippen molar-refractivity contribution in [2.45, 2.75) is 12.6 Å². The Morgan fingerprint density at radius 2 is 2.27 bits per heavy atom. The third-order valence-electron chi connectivity index (χ3n) is 1.91. The Balaban J connectivity index is 0.00000196. The maximum atomic E-state index is 11.0. The molecule has 15 heavy (non-hydrogen) atoms. The lowest BCUT2D eigenvalue weighted by atomic mass is 10.3. The maximum Gasteiger partial charge on any atom is 0.324 e. The van der Waals surface area contributed by atoms with Crippen molar-refractivity contribution >= 4 is 30.6 Å². The Morgan fingerprint density at radius 3 is 2.67 bits per heavy atom. The maximum absolute atomic E-state index is 11.0. The number of nitrogens with two attached hydrogens (primary N) is 1. The first kappa shape index (κ1) is 14.2. The average molecular weight is 252 g/mol. The van der Waals surface area contributed by atoms with Crippen LogP contribution in [0.1, 0.15) is 0 Å². The van der Waals surface area contributed by atoms with Crippen molar-refractivity contribution in [2.75, 3.05) is 7.11 Å². The lowest BCUT2D eigenvalue weighted by Gasteiger charge is -2.09. The molecule has 1 atom stereocenters. The summed E-state index contributed by atoms with van der Waals surface area (Å²) in [4.78, 5) is 11.0. The highest BCUT2D eigenvalue weighted by Gasteiger charge is 2.14. The van der Waals surface area contributed by atoms with Gasteiger partial charge in [-0.1, -0.05) is 0 Å². The van der Waals surface area contributed by atoms with Crippen LogP contribution in [0.5, 0.6) is 0 Å². The minimum atomic E-state index is -0.672. The number of rotatable bonds is 3. The molecule has 1 aromatic heterocycles. The van der Waals surface area contributed by atoms with Crippen molar-refractivity contribution in [1.29, 1.82) is 0 Å². The van der Waals surface area contributed by atoms with Crippen molar-refractivity contribution in [2.24, 2.45) is 12.8 Å². The van der Waals surface area contributed by atoms with Gasteiger partial charge in [-0.2, -0.15) is 0 Å². The van der Waals surface area contributed by atoms with Crippen LogP contribution in [0.25, 0.3) is 0 Å². The fourth-order valence-corrected chi connectivity index (χ4v) is 1.28. The molecule has 1 aromatic rings. The lowest BCUT2D eigenvalue weighted by Crippen LogP contribution is -2.35. The highest BCUT2D eigenvalue weighted by molar-refractivity contribution is 7.71. The van der Waals surface area contributed by atoms with Gasteiger partial charge >= 0.3 is 5.97 Å². The summed E-state index contributed by atoms with van der Waals surface area (Å²) < 4.78 is 8.65. The molecule has 5 nitrogen and oxygen atoms in total. The van der Waals surface area contributed by atoms with E-state index in [1.807, 2.05) is 13.2 Å². The van der Waals surface area contributed by atoms with Crippen molar-refractivity contribution in [3.05, 3.63) is 17.2 Å². The van der Waals surface area contributed by atoms with Crippen LogP contribution in [-0.2, 0) is 23.1 Å². The van der Waals surface area contributed by atoms with Crippen LogP contribution in [0, 0.1) is 4.77 Å². The van der Waals surface area contributed by atoms with Gasteiger partial charge in [-0.3, -0.25) is 4.79 Å². The molecule has 86 valence electrons. The highest BCUT2D eigenvalue weighted by atomic mass is 35.5. The number of halogens is 1. The Labute approximate surface area is 99.2 Å². The predicted octanol–water partition coefficient (Wildman–Crippen LogP) is 0.478. The molecule has 0 amide bonds. The molecule has 1 rings (SSSR count). The molecule has 0 aliphatic heterocycles. The van der Waals surface area contributed by atoms with Gasteiger partial charge in [0.25, 0.3) is 0 Å². The van der Waals surface area contributed by atoms with Crippen LogP contribution in [0.4, 0.5) is 0 Å². The first-order valence-corrected chi connectivity index (χ1v) is 4.52. The van der Waals surface area contributed by atoms with E-state index in [4.69, 9.17) is 18.0 Å². The molecule has 7 heteroatoms. The molecule has 0 spiro atoms. The van der Waals surface area contributed by atoms with Gasteiger partial charge < -0.3 is 19.6 Å². The zero-order valence-corrected chi connectivity index (χ0v) is 10.2. The number of imidazole rings is 1. The summed E-state index contributed by atoms with van der Waals surface area (Å²) in [7, 11) is 3.15. The number of hydrogen-bond donors (Lipinski definition) is 1. The Bertz CT molecular complexity index is 387. The molecule has 0 aromatic carbocycles. The summed E-state index contributed by atoms with van der Waals surface area (Å²) in [5, 5.41) is 0. The number of methoxy groups -OCH3 is 1. The third-order valence-corrected chi connectivity index (χ3v) is 2.44. The fourth-order valence-electron chi connectivity index (χ4n) is 1.09. The Morgan fingerprint density at radius 1 is 1.67 bits per heavy atom. The zero-order chi connectivity index (χ0) is 10.7. The third kappa shape index (κ3) is 3.33. The van der Waals surface area contributed by atoms with Crippen LogP contribution < -0.4 is 5.73 Å². The second kappa shape index (κ2) is 5.89. The van der Waals surface area contributed by atoms with Gasteiger partial charge in [0.1, 0.15) is 6.04 Å². The minimum Gasteiger partial charge on any atom is -0.468 e. The number of aromatic nitrogens is 2. The van der Waals surface area contributed by atoms with Crippen molar-refractivity contribution in [3.63, 3.8) is 0 Å². The van der Waals surface area contributed by atoms with Gasteiger partial charge in [-0.25, -0.2) is 0 Å². The molecule has 0 saturated heterocycles. The van der Waals surface area contributed by atoms with Crippen LogP contribution in [0.15, 0.2) is 12.4 Å².